The quantitative estimate of drug-likeness (QED) is 0.370. The molecule has 33 heavy (non-hydrogen) atoms. The highest BCUT2D eigenvalue weighted by Gasteiger charge is 2.30. The van der Waals surface area contributed by atoms with Crippen molar-refractivity contribution in [1.29, 1.82) is 0 Å². The lowest BCUT2D eigenvalue weighted by molar-refractivity contribution is -0.141. The lowest BCUT2D eigenvalue weighted by Crippen LogP contribution is -2.50. The van der Waals surface area contributed by atoms with Crippen LogP contribution in [0, 0.1) is 0 Å². The fraction of sp³-hybridized carbons (Fsp3) is 0.286. The van der Waals surface area contributed by atoms with Crippen molar-refractivity contribution in [2.45, 2.75) is 45.2 Å². The molecule has 0 aliphatic heterocycles. The lowest BCUT2D eigenvalue weighted by Gasteiger charge is -2.31. The van der Waals surface area contributed by atoms with Gasteiger partial charge in [0.25, 0.3) is 0 Å². The molecule has 0 heterocycles. The smallest absolute Gasteiger partial charge is 0.243 e. The molecule has 1 atom stereocenters. The topological polar surface area (TPSA) is 49.4 Å². The van der Waals surface area contributed by atoms with Gasteiger partial charge in [-0.1, -0.05) is 95.7 Å². The Hall–Kier alpha value is -2.92. The Kier molecular flexibility index (Phi) is 9.70. The van der Waals surface area contributed by atoms with E-state index in [4.69, 9.17) is 0 Å². The minimum atomic E-state index is -0.582. The first-order valence-corrected chi connectivity index (χ1v) is 12.3. The predicted octanol–water partition coefficient (Wildman–Crippen LogP) is 5.55. The molecule has 0 aliphatic carbocycles. The van der Waals surface area contributed by atoms with Gasteiger partial charge < -0.3 is 10.2 Å². The van der Waals surface area contributed by atoms with Crippen LogP contribution < -0.4 is 5.32 Å². The second-order valence-corrected chi connectivity index (χ2v) is 9.05. The summed E-state index contributed by atoms with van der Waals surface area (Å²) in [4.78, 5) is 28.6. The van der Waals surface area contributed by atoms with Crippen LogP contribution in [0.3, 0.4) is 0 Å². The number of hydrogen-bond acceptors (Lipinski definition) is 2. The number of carbonyl (C=O) groups excluding carboxylic acids is 2. The molecular weight excluding hydrogens is 476 g/mol. The Morgan fingerprint density at radius 2 is 1.52 bits per heavy atom. The maximum absolute atomic E-state index is 13.5. The number of amides is 2. The molecule has 2 amide bonds. The minimum absolute atomic E-state index is 0.0218. The van der Waals surface area contributed by atoms with E-state index in [1.165, 1.54) is 0 Å². The molecule has 0 saturated heterocycles. The summed E-state index contributed by atoms with van der Waals surface area (Å²) in [5.74, 6) is -0.129. The van der Waals surface area contributed by atoms with E-state index >= 15 is 0 Å². The SMILES string of the molecule is CCCNC(=O)[C@@H](Cc1ccccc1)N(Cc1cccc(Br)c1)C(=O)CCc1ccccc1. The summed E-state index contributed by atoms with van der Waals surface area (Å²) in [6.07, 6.45) is 2.31. The molecule has 0 spiro atoms. The summed E-state index contributed by atoms with van der Waals surface area (Å²) >= 11 is 3.52. The van der Waals surface area contributed by atoms with Crippen LogP contribution in [0.5, 0.6) is 0 Å². The predicted molar refractivity (Wildman–Crippen MR) is 137 cm³/mol. The first-order chi connectivity index (χ1) is 16.1. The first kappa shape index (κ1) is 24.7. The van der Waals surface area contributed by atoms with E-state index in [9.17, 15) is 9.59 Å². The number of nitrogens with one attached hydrogen (secondary N) is 1. The van der Waals surface area contributed by atoms with Gasteiger partial charge in [0.05, 0.1) is 0 Å². The second-order valence-electron chi connectivity index (χ2n) is 8.13. The van der Waals surface area contributed by atoms with E-state index in [1.54, 1.807) is 4.90 Å². The van der Waals surface area contributed by atoms with Gasteiger partial charge in [-0.15, -0.1) is 0 Å². The zero-order chi connectivity index (χ0) is 23.5. The van der Waals surface area contributed by atoms with E-state index < -0.39 is 6.04 Å². The molecule has 0 unspecified atom stereocenters. The third-order valence-electron chi connectivity index (χ3n) is 5.53. The molecular formula is C28H31BrN2O2. The zero-order valence-corrected chi connectivity index (χ0v) is 20.6. The highest BCUT2D eigenvalue weighted by molar-refractivity contribution is 9.10. The minimum Gasteiger partial charge on any atom is -0.354 e. The molecule has 5 heteroatoms. The molecule has 3 aromatic rings. The highest BCUT2D eigenvalue weighted by atomic mass is 79.9. The average molecular weight is 507 g/mol. The van der Waals surface area contributed by atoms with E-state index in [1.807, 2.05) is 91.9 Å². The van der Waals surface area contributed by atoms with Crippen LogP contribution in [0.4, 0.5) is 0 Å². The molecule has 3 rings (SSSR count). The molecule has 172 valence electrons. The summed E-state index contributed by atoms with van der Waals surface area (Å²) in [7, 11) is 0. The summed E-state index contributed by atoms with van der Waals surface area (Å²) in [5, 5.41) is 3.02. The number of hydrogen-bond donors (Lipinski definition) is 1. The van der Waals surface area contributed by atoms with E-state index in [2.05, 4.69) is 21.2 Å². The van der Waals surface area contributed by atoms with Crippen molar-refractivity contribution in [2.24, 2.45) is 0 Å². The van der Waals surface area contributed by atoms with Gasteiger partial charge in [-0.25, -0.2) is 0 Å². The third kappa shape index (κ3) is 7.86. The summed E-state index contributed by atoms with van der Waals surface area (Å²) in [6, 6.07) is 27.2. The van der Waals surface area contributed by atoms with Crippen LogP contribution in [0.2, 0.25) is 0 Å². The maximum Gasteiger partial charge on any atom is 0.243 e. The number of nitrogens with zero attached hydrogens (tertiary/aromatic N) is 1. The van der Waals surface area contributed by atoms with Gasteiger partial charge in [-0.05, 0) is 41.7 Å². The summed E-state index contributed by atoms with van der Waals surface area (Å²) < 4.78 is 0.951. The molecule has 0 bridgehead atoms. The Labute approximate surface area is 205 Å². The third-order valence-corrected chi connectivity index (χ3v) is 6.03. The van der Waals surface area contributed by atoms with Crippen LogP contribution in [-0.4, -0.2) is 29.3 Å². The van der Waals surface area contributed by atoms with Crippen molar-refractivity contribution in [2.75, 3.05) is 6.54 Å². The van der Waals surface area contributed by atoms with Crippen LogP contribution in [0.15, 0.2) is 89.4 Å². The van der Waals surface area contributed by atoms with Crippen LogP contribution in [0.1, 0.15) is 36.5 Å². The number of carbonyl (C=O) groups is 2. The van der Waals surface area contributed by atoms with E-state index in [-0.39, 0.29) is 11.8 Å². The van der Waals surface area contributed by atoms with E-state index in [0.717, 1.165) is 27.6 Å². The molecule has 1 N–H and O–H groups in total. The Balaban J connectivity index is 1.88. The number of benzene rings is 3. The monoisotopic (exact) mass is 506 g/mol. The standard InChI is InChI=1S/C28H31BrN2O2/c1-2-18-30-28(33)26(20-23-12-7-4-8-13-23)31(21-24-14-9-15-25(29)19-24)27(32)17-16-22-10-5-3-6-11-22/h3-15,19,26H,2,16-18,20-21H2,1H3,(H,30,33)/t26-/m1/s1. The van der Waals surface area contributed by atoms with Gasteiger partial charge >= 0.3 is 0 Å². The van der Waals surface area contributed by atoms with Crippen LogP contribution >= 0.6 is 15.9 Å². The summed E-state index contributed by atoms with van der Waals surface area (Å²) in [5.41, 5.74) is 3.13. The maximum atomic E-state index is 13.5. The Bertz CT molecular complexity index is 1020. The zero-order valence-electron chi connectivity index (χ0n) is 19.0. The van der Waals surface area contributed by atoms with Crippen molar-refractivity contribution < 1.29 is 9.59 Å². The fourth-order valence-corrected chi connectivity index (χ4v) is 4.24. The van der Waals surface area contributed by atoms with Crippen LogP contribution in [0.25, 0.3) is 0 Å². The van der Waals surface area contributed by atoms with Gasteiger partial charge in [0.1, 0.15) is 6.04 Å². The van der Waals surface area contributed by atoms with Gasteiger partial charge in [-0.2, -0.15) is 0 Å². The number of aryl methyl sites for hydroxylation is 1. The molecule has 0 fully saturated rings. The lowest BCUT2D eigenvalue weighted by atomic mass is 10.0. The van der Waals surface area contributed by atoms with Crippen molar-refractivity contribution in [1.82, 2.24) is 10.2 Å². The highest BCUT2D eigenvalue weighted by Crippen LogP contribution is 2.19. The van der Waals surface area contributed by atoms with E-state index in [0.29, 0.717) is 32.4 Å². The molecule has 0 aromatic heterocycles. The number of rotatable bonds is 11. The molecule has 0 saturated carbocycles. The molecule has 0 radical (unpaired) electrons. The average Bonchev–Trinajstić information content (AvgIpc) is 2.84. The van der Waals surface area contributed by atoms with Gasteiger partial charge in [0, 0.05) is 30.4 Å². The Morgan fingerprint density at radius 1 is 0.879 bits per heavy atom. The van der Waals surface area contributed by atoms with Crippen molar-refractivity contribution in [3.63, 3.8) is 0 Å². The molecule has 3 aromatic carbocycles. The first-order valence-electron chi connectivity index (χ1n) is 11.5. The van der Waals surface area contributed by atoms with Crippen LogP contribution in [-0.2, 0) is 29.0 Å². The van der Waals surface area contributed by atoms with Gasteiger partial charge in [0.2, 0.25) is 11.8 Å². The van der Waals surface area contributed by atoms with Gasteiger partial charge in [-0.3, -0.25) is 9.59 Å². The molecule has 4 nitrogen and oxygen atoms in total. The fourth-order valence-electron chi connectivity index (χ4n) is 3.79. The largest absolute Gasteiger partial charge is 0.354 e. The van der Waals surface area contributed by atoms with Crippen molar-refractivity contribution >= 4 is 27.7 Å². The van der Waals surface area contributed by atoms with Crippen molar-refractivity contribution in [3.8, 4) is 0 Å². The summed E-state index contributed by atoms with van der Waals surface area (Å²) in [6.45, 7) is 2.99. The molecule has 0 aliphatic rings. The number of halogens is 1. The van der Waals surface area contributed by atoms with Crippen molar-refractivity contribution in [3.05, 3.63) is 106 Å². The normalized spacial score (nSPS) is 11.6. The Morgan fingerprint density at radius 3 is 2.15 bits per heavy atom. The van der Waals surface area contributed by atoms with Gasteiger partial charge in [0.15, 0.2) is 0 Å². The second kappa shape index (κ2) is 12.9.